The Morgan fingerprint density at radius 2 is 2.14 bits per heavy atom. The molecular weight excluding hydrogens is 291 g/mol. The summed E-state index contributed by atoms with van der Waals surface area (Å²) < 4.78 is 16.0. The van der Waals surface area contributed by atoms with Crippen molar-refractivity contribution in [3.05, 3.63) is 46.8 Å². The number of hydrogen-bond acceptors (Lipinski definition) is 3. The zero-order chi connectivity index (χ0) is 15.4. The first-order valence-electron chi connectivity index (χ1n) is 7.10. The fourth-order valence-electron chi connectivity index (χ4n) is 2.40. The van der Waals surface area contributed by atoms with Gasteiger partial charge < -0.3 is 5.32 Å². The van der Waals surface area contributed by atoms with Gasteiger partial charge in [-0.25, -0.2) is 14.1 Å². The van der Waals surface area contributed by atoms with Gasteiger partial charge in [0.25, 0.3) is 0 Å². The first kappa shape index (κ1) is 15.9. The number of halogens is 2. The van der Waals surface area contributed by atoms with Crippen LogP contribution in [0.1, 0.15) is 44.2 Å². The number of aromatic nitrogens is 3. The summed E-state index contributed by atoms with van der Waals surface area (Å²) in [6.45, 7) is 6.77. The Hall–Kier alpha value is -1.46. The van der Waals surface area contributed by atoms with Gasteiger partial charge in [-0.3, -0.25) is 0 Å². The van der Waals surface area contributed by atoms with Crippen molar-refractivity contribution in [3.8, 4) is 0 Å². The van der Waals surface area contributed by atoms with Gasteiger partial charge in [0.2, 0.25) is 0 Å². The topological polar surface area (TPSA) is 42.7 Å². The van der Waals surface area contributed by atoms with Crippen LogP contribution in [0.15, 0.2) is 24.5 Å². The quantitative estimate of drug-likeness (QED) is 0.887. The number of rotatable bonds is 6. The van der Waals surface area contributed by atoms with Gasteiger partial charge in [0.05, 0.1) is 0 Å². The molecule has 4 nitrogen and oxygen atoms in total. The Balaban J connectivity index is 2.33. The highest BCUT2D eigenvalue weighted by Crippen LogP contribution is 2.28. The average Bonchev–Trinajstić information content (AvgIpc) is 2.87. The minimum atomic E-state index is -0.302. The lowest BCUT2D eigenvalue weighted by Gasteiger charge is -2.20. The van der Waals surface area contributed by atoms with Gasteiger partial charge in [0.15, 0.2) is 0 Å². The SMILES string of the molecule is CCNC(Cc1ncnn1C(C)C)c1c(F)cccc1Cl. The second kappa shape index (κ2) is 7.00. The van der Waals surface area contributed by atoms with E-state index in [1.165, 1.54) is 12.4 Å². The normalized spacial score (nSPS) is 12.9. The van der Waals surface area contributed by atoms with Crippen LogP contribution in [0.2, 0.25) is 5.02 Å². The third kappa shape index (κ3) is 3.60. The second-order valence-electron chi connectivity index (χ2n) is 5.16. The minimum Gasteiger partial charge on any atom is -0.310 e. The lowest BCUT2D eigenvalue weighted by atomic mass is 10.0. The molecule has 0 bridgehead atoms. The van der Waals surface area contributed by atoms with Crippen LogP contribution in [0.3, 0.4) is 0 Å². The largest absolute Gasteiger partial charge is 0.310 e. The highest BCUT2D eigenvalue weighted by Gasteiger charge is 2.21. The zero-order valence-electron chi connectivity index (χ0n) is 12.5. The standard InChI is InChI=1S/C15H20ClFN4/c1-4-18-13(15-11(16)6-5-7-12(15)17)8-14-19-9-20-21(14)10(2)3/h5-7,9-10,13,18H,4,8H2,1-3H3. The van der Waals surface area contributed by atoms with Crippen molar-refractivity contribution in [2.75, 3.05) is 6.54 Å². The number of likely N-dealkylation sites (N-methyl/N-ethyl adjacent to an activating group) is 1. The van der Waals surface area contributed by atoms with Crippen molar-refractivity contribution in [1.29, 1.82) is 0 Å². The molecular formula is C15H20ClFN4. The van der Waals surface area contributed by atoms with Crippen LogP contribution in [-0.4, -0.2) is 21.3 Å². The predicted molar refractivity (Wildman–Crippen MR) is 81.9 cm³/mol. The van der Waals surface area contributed by atoms with Crippen molar-refractivity contribution >= 4 is 11.6 Å². The summed E-state index contributed by atoms with van der Waals surface area (Å²) in [6, 6.07) is 4.73. The van der Waals surface area contributed by atoms with Gasteiger partial charge in [-0.1, -0.05) is 24.6 Å². The minimum absolute atomic E-state index is 0.209. The molecule has 114 valence electrons. The number of nitrogens with one attached hydrogen (secondary N) is 1. The van der Waals surface area contributed by atoms with Crippen LogP contribution in [-0.2, 0) is 6.42 Å². The smallest absolute Gasteiger partial charge is 0.138 e. The first-order valence-corrected chi connectivity index (χ1v) is 7.48. The van der Waals surface area contributed by atoms with Crippen LogP contribution < -0.4 is 5.32 Å². The maximum atomic E-state index is 14.1. The maximum Gasteiger partial charge on any atom is 0.138 e. The molecule has 6 heteroatoms. The van der Waals surface area contributed by atoms with Crippen LogP contribution in [0.25, 0.3) is 0 Å². The molecule has 0 aliphatic heterocycles. The molecule has 0 saturated carbocycles. The summed E-state index contributed by atoms with van der Waals surface area (Å²) in [5.41, 5.74) is 0.485. The maximum absolute atomic E-state index is 14.1. The van der Waals surface area contributed by atoms with Gasteiger partial charge >= 0.3 is 0 Å². The highest BCUT2D eigenvalue weighted by molar-refractivity contribution is 6.31. The summed E-state index contributed by atoms with van der Waals surface area (Å²) in [7, 11) is 0. The van der Waals surface area contributed by atoms with Gasteiger partial charge in [0.1, 0.15) is 18.0 Å². The molecule has 21 heavy (non-hydrogen) atoms. The van der Waals surface area contributed by atoms with Crippen molar-refractivity contribution < 1.29 is 4.39 Å². The summed E-state index contributed by atoms with van der Waals surface area (Å²) in [5.74, 6) is 0.513. The molecule has 1 unspecified atom stereocenters. The summed E-state index contributed by atoms with van der Waals surface area (Å²) in [5, 5.41) is 7.93. The van der Waals surface area contributed by atoms with Crippen molar-refractivity contribution in [1.82, 2.24) is 20.1 Å². The summed E-state index contributed by atoms with van der Waals surface area (Å²) in [4.78, 5) is 4.29. The number of benzene rings is 1. The highest BCUT2D eigenvalue weighted by atomic mass is 35.5. The van der Waals surface area contributed by atoms with E-state index in [9.17, 15) is 4.39 Å². The zero-order valence-corrected chi connectivity index (χ0v) is 13.2. The Kier molecular flexibility index (Phi) is 5.31. The molecule has 2 aromatic rings. The lowest BCUT2D eigenvalue weighted by molar-refractivity contribution is 0.458. The van der Waals surface area contributed by atoms with Crippen LogP contribution in [0.5, 0.6) is 0 Å². The molecule has 0 aliphatic rings. The summed E-state index contributed by atoms with van der Waals surface area (Å²) >= 11 is 6.18. The fourth-order valence-corrected chi connectivity index (χ4v) is 2.70. The molecule has 1 aromatic carbocycles. The molecule has 0 amide bonds. The van der Waals surface area contributed by atoms with Gasteiger partial charge in [-0.15, -0.1) is 0 Å². The number of hydrogen-bond donors (Lipinski definition) is 1. The Morgan fingerprint density at radius 1 is 1.38 bits per heavy atom. The van der Waals surface area contributed by atoms with Crippen LogP contribution >= 0.6 is 11.6 Å². The molecule has 0 aliphatic carbocycles. The monoisotopic (exact) mass is 310 g/mol. The van der Waals surface area contributed by atoms with E-state index in [-0.39, 0.29) is 17.9 Å². The molecule has 0 spiro atoms. The first-order chi connectivity index (χ1) is 10.0. The Morgan fingerprint density at radius 3 is 2.76 bits per heavy atom. The van der Waals surface area contributed by atoms with Gasteiger partial charge in [-0.05, 0) is 32.5 Å². The van der Waals surface area contributed by atoms with E-state index in [1.807, 2.05) is 25.5 Å². The van der Waals surface area contributed by atoms with Crippen LogP contribution in [0.4, 0.5) is 4.39 Å². The fraction of sp³-hybridized carbons (Fsp3) is 0.467. The van der Waals surface area contributed by atoms with Crippen LogP contribution in [0, 0.1) is 5.82 Å². The average molecular weight is 311 g/mol. The predicted octanol–water partition coefficient (Wildman–Crippen LogP) is 3.54. The Labute approximate surface area is 129 Å². The van der Waals surface area contributed by atoms with E-state index >= 15 is 0 Å². The van der Waals surface area contributed by atoms with Crippen molar-refractivity contribution in [3.63, 3.8) is 0 Å². The Bertz CT molecular complexity index is 577. The molecule has 0 saturated heterocycles. The molecule has 0 fully saturated rings. The van der Waals surface area contributed by atoms with Gasteiger partial charge in [0, 0.05) is 29.1 Å². The van der Waals surface area contributed by atoms with E-state index in [1.54, 1.807) is 12.1 Å². The molecule has 0 radical (unpaired) electrons. The summed E-state index contributed by atoms with van der Waals surface area (Å²) in [6.07, 6.45) is 2.06. The number of nitrogens with zero attached hydrogens (tertiary/aromatic N) is 3. The van der Waals surface area contributed by atoms with E-state index in [2.05, 4.69) is 15.4 Å². The third-order valence-corrected chi connectivity index (χ3v) is 3.65. The van der Waals surface area contributed by atoms with E-state index in [0.29, 0.717) is 23.6 Å². The van der Waals surface area contributed by atoms with Crippen molar-refractivity contribution in [2.45, 2.75) is 39.3 Å². The second-order valence-corrected chi connectivity index (χ2v) is 5.57. The molecule has 2 rings (SSSR count). The lowest BCUT2D eigenvalue weighted by Crippen LogP contribution is -2.26. The van der Waals surface area contributed by atoms with Gasteiger partial charge in [-0.2, -0.15) is 5.10 Å². The van der Waals surface area contributed by atoms with E-state index < -0.39 is 0 Å². The molecule has 1 atom stereocenters. The van der Waals surface area contributed by atoms with E-state index in [0.717, 1.165) is 5.82 Å². The van der Waals surface area contributed by atoms with Crippen molar-refractivity contribution in [2.24, 2.45) is 0 Å². The molecule has 1 N–H and O–H groups in total. The van der Waals surface area contributed by atoms with E-state index in [4.69, 9.17) is 11.6 Å². The molecule has 1 aromatic heterocycles. The third-order valence-electron chi connectivity index (χ3n) is 3.32. The molecule has 1 heterocycles.